The first kappa shape index (κ1) is 33.7. The third-order valence-electron chi connectivity index (χ3n) is 7.25. The predicted molar refractivity (Wildman–Crippen MR) is 152 cm³/mol. The molecule has 0 spiro atoms. The summed E-state index contributed by atoms with van der Waals surface area (Å²) >= 11 is 0. The highest BCUT2D eigenvalue weighted by atomic mass is 16.5. The molecule has 1 saturated heterocycles. The number of para-hydroxylation sites is 1. The maximum atomic E-state index is 10.3. The molecule has 1 fully saturated rings. The van der Waals surface area contributed by atoms with Gasteiger partial charge in [-0.15, -0.1) is 0 Å². The second-order valence-electron chi connectivity index (χ2n) is 12.0. The van der Waals surface area contributed by atoms with Crippen molar-refractivity contribution in [1.82, 2.24) is 20.0 Å². The fraction of sp³-hybridized carbons (Fsp3) is 0.586. The molecule has 2 aromatic rings. The lowest BCUT2D eigenvalue weighted by atomic mass is 9.78. The molecule has 1 aromatic carbocycles. The maximum Gasteiger partial charge on any atom is 0.336 e. The van der Waals surface area contributed by atoms with Crippen LogP contribution in [0.1, 0.15) is 70.2 Å². The van der Waals surface area contributed by atoms with Gasteiger partial charge < -0.3 is 30.5 Å². The molecule has 0 atom stereocenters. The molecule has 12 heteroatoms. The number of benzene rings is 1. The van der Waals surface area contributed by atoms with Gasteiger partial charge in [0.05, 0.1) is 26.1 Å². The van der Waals surface area contributed by atoms with Crippen molar-refractivity contribution in [2.45, 2.75) is 96.1 Å². The van der Waals surface area contributed by atoms with Crippen LogP contribution in [0, 0.1) is 6.92 Å². The Kier molecular flexibility index (Phi) is 11.1. The minimum Gasteiger partial charge on any atom is -0.496 e. The van der Waals surface area contributed by atoms with Gasteiger partial charge in [0.2, 0.25) is 0 Å². The van der Waals surface area contributed by atoms with Gasteiger partial charge in [-0.05, 0) is 53.5 Å². The summed E-state index contributed by atoms with van der Waals surface area (Å²) in [6.07, 6.45) is 1.96. The number of methoxy groups -OCH3 is 1. The van der Waals surface area contributed by atoms with Crippen molar-refractivity contribution in [2.24, 2.45) is 7.05 Å². The zero-order valence-electron chi connectivity index (χ0n) is 25.0. The Morgan fingerprint density at radius 3 is 1.98 bits per heavy atom. The molecule has 0 saturated carbocycles. The molecule has 0 radical (unpaired) electrons. The molecule has 1 aromatic heterocycles. The van der Waals surface area contributed by atoms with Crippen LogP contribution in [0.2, 0.25) is 0 Å². The van der Waals surface area contributed by atoms with Gasteiger partial charge in [0.1, 0.15) is 5.75 Å². The van der Waals surface area contributed by atoms with Crippen LogP contribution < -0.4 is 10.1 Å². The van der Waals surface area contributed by atoms with Gasteiger partial charge in [-0.2, -0.15) is 5.10 Å². The first-order valence-corrected chi connectivity index (χ1v) is 13.4. The van der Waals surface area contributed by atoms with Gasteiger partial charge in [0.15, 0.2) is 5.60 Å². The number of carboxylic acids is 3. The molecular weight excluding hydrogens is 532 g/mol. The molecule has 41 heavy (non-hydrogen) atoms. The average molecular weight is 577 g/mol. The highest BCUT2D eigenvalue weighted by Crippen LogP contribution is 2.34. The van der Waals surface area contributed by atoms with E-state index < -0.39 is 36.4 Å². The number of nitrogens with one attached hydrogen (secondary N) is 1. The number of aromatic nitrogens is 2. The van der Waals surface area contributed by atoms with Crippen LogP contribution >= 0.6 is 0 Å². The Labute approximate surface area is 240 Å². The molecule has 0 aliphatic carbocycles. The number of hydrogen-bond donors (Lipinski definition) is 5. The summed E-state index contributed by atoms with van der Waals surface area (Å²) in [5.74, 6) is -4.06. The summed E-state index contributed by atoms with van der Waals surface area (Å²) in [4.78, 5) is 33.1. The fourth-order valence-corrected chi connectivity index (χ4v) is 5.53. The molecule has 0 unspecified atom stereocenters. The van der Waals surface area contributed by atoms with Gasteiger partial charge in [-0.25, -0.2) is 4.79 Å². The lowest BCUT2D eigenvalue weighted by Gasteiger charge is -2.49. The van der Waals surface area contributed by atoms with Crippen LogP contribution in [-0.2, 0) is 34.5 Å². The van der Waals surface area contributed by atoms with E-state index in [2.05, 4.69) is 68.1 Å². The molecule has 2 heterocycles. The molecule has 1 aliphatic heterocycles. The van der Waals surface area contributed by atoms with Gasteiger partial charge in [-0.3, -0.25) is 19.2 Å². The zero-order chi connectivity index (χ0) is 31.2. The van der Waals surface area contributed by atoms with E-state index in [0.717, 1.165) is 31.7 Å². The van der Waals surface area contributed by atoms with Crippen molar-refractivity contribution in [1.29, 1.82) is 0 Å². The van der Waals surface area contributed by atoms with E-state index >= 15 is 0 Å². The summed E-state index contributed by atoms with van der Waals surface area (Å²) in [5, 5.41) is 42.1. The van der Waals surface area contributed by atoms with E-state index in [1.54, 1.807) is 7.11 Å². The number of nitrogens with zero attached hydrogens (tertiary/aromatic N) is 3. The van der Waals surface area contributed by atoms with Crippen molar-refractivity contribution < 1.29 is 39.5 Å². The average Bonchev–Trinajstić information content (AvgIpc) is 3.13. The van der Waals surface area contributed by atoms with Gasteiger partial charge in [-0.1, -0.05) is 18.2 Å². The minimum atomic E-state index is -2.74. The molecule has 0 bridgehead atoms. The number of rotatable bonds is 11. The second-order valence-corrected chi connectivity index (χ2v) is 12.0. The smallest absolute Gasteiger partial charge is 0.336 e. The van der Waals surface area contributed by atoms with Gasteiger partial charge in [0, 0.05) is 54.1 Å². The van der Waals surface area contributed by atoms with E-state index in [-0.39, 0.29) is 11.1 Å². The Hall–Kier alpha value is -3.48. The predicted octanol–water partition coefficient (Wildman–Crippen LogP) is 2.80. The number of aliphatic hydroxyl groups is 1. The second kappa shape index (κ2) is 13.5. The number of carbonyl (C=O) groups is 3. The van der Waals surface area contributed by atoms with E-state index in [1.807, 2.05) is 24.0 Å². The number of aliphatic carboxylic acids is 3. The summed E-state index contributed by atoms with van der Waals surface area (Å²) < 4.78 is 7.60. The van der Waals surface area contributed by atoms with Crippen LogP contribution in [0.4, 0.5) is 0 Å². The zero-order valence-corrected chi connectivity index (χ0v) is 25.0. The highest BCUT2D eigenvalue weighted by Gasteiger charge is 2.41. The number of ether oxygens (including phenoxy) is 1. The molecule has 5 N–H and O–H groups in total. The lowest BCUT2D eigenvalue weighted by Crippen LogP contribution is -2.62. The first-order valence-electron chi connectivity index (χ1n) is 13.4. The van der Waals surface area contributed by atoms with Crippen LogP contribution in [0.25, 0.3) is 0 Å². The normalized spacial score (nSPS) is 16.5. The molecule has 12 nitrogen and oxygen atoms in total. The van der Waals surface area contributed by atoms with Gasteiger partial charge >= 0.3 is 17.9 Å². The van der Waals surface area contributed by atoms with Crippen molar-refractivity contribution in [2.75, 3.05) is 7.11 Å². The third kappa shape index (κ3) is 9.83. The minimum absolute atomic E-state index is 0.107. The standard InChI is InChI=1S/C23H36N4O.C6H8O7/c1-17-19(14-24-26(17)6)16-27(15-18-10-8-9-11-21(18)28-7)20-12-22(2,3)25-23(4,5)13-20;7-3(8)1-6(13,5(11)12)2-4(9)10/h8-11,14,20,25H,12-13,15-16H2,1-7H3;13H,1-2H2,(H,7,8)(H,9,10)(H,11,12). The summed E-state index contributed by atoms with van der Waals surface area (Å²) in [5.41, 5.74) is 1.24. The monoisotopic (exact) mass is 576 g/mol. The maximum absolute atomic E-state index is 10.3. The van der Waals surface area contributed by atoms with Crippen molar-refractivity contribution in [3.63, 3.8) is 0 Å². The van der Waals surface area contributed by atoms with Crippen LogP contribution in [0.15, 0.2) is 30.5 Å². The summed E-state index contributed by atoms with van der Waals surface area (Å²) in [6, 6.07) is 8.85. The first-order chi connectivity index (χ1) is 18.9. The summed E-state index contributed by atoms with van der Waals surface area (Å²) in [7, 11) is 3.77. The van der Waals surface area contributed by atoms with Crippen molar-refractivity contribution in [3.8, 4) is 5.75 Å². The van der Waals surface area contributed by atoms with Crippen molar-refractivity contribution in [3.05, 3.63) is 47.3 Å². The SMILES string of the molecule is COc1ccccc1CN(Cc1cnn(C)c1C)C1CC(C)(C)NC(C)(C)C1.O=C(O)CC(O)(CC(=O)O)C(=O)O. The van der Waals surface area contributed by atoms with Crippen LogP contribution in [0.5, 0.6) is 5.75 Å². The van der Waals surface area contributed by atoms with Crippen LogP contribution in [-0.4, -0.2) is 82.8 Å². The number of piperidine rings is 1. The Morgan fingerprint density at radius 1 is 1.02 bits per heavy atom. The van der Waals surface area contributed by atoms with E-state index in [9.17, 15) is 14.4 Å². The van der Waals surface area contributed by atoms with Crippen molar-refractivity contribution >= 4 is 17.9 Å². The number of hydrogen-bond acceptors (Lipinski definition) is 8. The lowest BCUT2D eigenvalue weighted by molar-refractivity contribution is -0.170. The van der Waals surface area contributed by atoms with E-state index in [0.29, 0.717) is 6.04 Å². The van der Waals surface area contributed by atoms with Crippen LogP contribution in [0.3, 0.4) is 0 Å². The van der Waals surface area contributed by atoms with E-state index in [1.165, 1.54) is 16.8 Å². The van der Waals surface area contributed by atoms with E-state index in [4.69, 9.17) is 25.2 Å². The number of carboxylic acid groups (broad SMARTS) is 3. The molecule has 0 amide bonds. The molecule has 228 valence electrons. The quantitative estimate of drug-likeness (QED) is 0.266. The molecular formula is C29H44N4O8. The summed E-state index contributed by atoms with van der Waals surface area (Å²) in [6.45, 7) is 13.2. The molecule has 1 aliphatic rings. The number of aryl methyl sites for hydroxylation is 1. The largest absolute Gasteiger partial charge is 0.496 e. The Balaban J connectivity index is 0.000000383. The highest BCUT2D eigenvalue weighted by molar-refractivity contribution is 5.88. The topological polar surface area (TPSA) is 174 Å². The fourth-order valence-electron chi connectivity index (χ4n) is 5.53. The van der Waals surface area contributed by atoms with Gasteiger partial charge in [0.25, 0.3) is 0 Å². The Morgan fingerprint density at radius 2 is 1.54 bits per heavy atom. The molecule has 3 rings (SSSR count). The Bertz CT molecular complexity index is 1190. The third-order valence-corrected chi connectivity index (χ3v) is 7.25.